The third-order valence-electron chi connectivity index (χ3n) is 7.76. The Kier molecular flexibility index (Phi) is 9.46. The molecule has 5 rings (SSSR count). The highest BCUT2D eigenvalue weighted by molar-refractivity contribution is 7.92. The van der Waals surface area contributed by atoms with E-state index in [-0.39, 0.29) is 24.6 Å². The molecule has 3 aromatic carbocycles. The van der Waals surface area contributed by atoms with Crippen LogP contribution in [0, 0.1) is 13.8 Å². The van der Waals surface area contributed by atoms with E-state index in [1.54, 1.807) is 0 Å². The van der Waals surface area contributed by atoms with Crippen molar-refractivity contribution in [1.82, 2.24) is 14.9 Å². The Morgan fingerprint density at radius 1 is 1.00 bits per heavy atom. The van der Waals surface area contributed by atoms with Gasteiger partial charge in [0.25, 0.3) is 0 Å². The van der Waals surface area contributed by atoms with Gasteiger partial charge >= 0.3 is 0 Å². The SMILES string of the molecule is Cc1cc(OCCCc2c(C(=O)CS(=O)(=O)CCNC(=O)Cc3cn(C)c4ccccc34)[nH]c3ccccc23)cc(C)c1Cl. The fourth-order valence-electron chi connectivity index (χ4n) is 5.62. The molecule has 10 heteroatoms. The second-order valence-electron chi connectivity index (χ2n) is 11.2. The fraction of sp³-hybridized carbons (Fsp3) is 0.294. The van der Waals surface area contributed by atoms with Crippen LogP contribution in [0.2, 0.25) is 5.02 Å². The molecule has 2 heterocycles. The fourth-order valence-corrected chi connectivity index (χ4v) is 6.83. The topological polar surface area (TPSA) is 110 Å². The molecule has 5 aromatic rings. The number of carbonyl (C=O) groups is 2. The van der Waals surface area contributed by atoms with Crippen LogP contribution in [0.5, 0.6) is 5.75 Å². The standard InChI is InChI=1S/C34H36ClN3O5S/c1-22-17-25(18-23(2)33(22)35)43-15-8-11-28-27-10-4-6-12-29(27)37-34(28)31(39)21-44(41,42)16-14-36-32(40)19-24-20-38(3)30-13-7-5-9-26(24)30/h4-7,9-10,12-13,17-18,20,37H,8,11,14-16,19,21H2,1-3H3,(H,36,40). The van der Waals surface area contributed by atoms with Crippen LogP contribution in [-0.2, 0) is 34.5 Å². The average Bonchev–Trinajstić information content (AvgIpc) is 3.51. The summed E-state index contributed by atoms with van der Waals surface area (Å²) in [6.45, 7) is 4.21. The molecular formula is C34H36ClN3O5S. The van der Waals surface area contributed by atoms with E-state index < -0.39 is 21.4 Å². The van der Waals surface area contributed by atoms with Crippen LogP contribution in [0.4, 0.5) is 0 Å². The van der Waals surface area contributed by atoms with E-state index in [1.165, 1.54) is 0 Å². The lowest BCUT2D eigenvalue weighted by Crippen LogP contribution is -2.32. The zero-order valence-corrected chi connectivity index (χ0v) is 26.6. The molecule has 0 saturated carbocycles. The lowest BCUT2D eigenvalue weighted by Gasteiger charge is -2.10. The minimum atomic E-state index is -3.78. The third kappa shape index (κ3) is 7.17. The van der Waals surface area contributed by atoms with Gasteiger partial charge in [-0.05, 0) is 73.2 Å². The van der Waals surface area contributed by atoms with Gasteiger partial charge in [0.2, 0.25) is 5.91 Å². The van der Waals surface area contributed by atoms with Crippen molar-refractivity contribution in [2.45, 2.75) is 33.1 Å². The number of aromatic amines is 1. The molecule has 0 bridgehead atoms. The number of halogens is 1. The first kappa shape index (κ1) is 31.3. The molecule has 0 unspecified atom stereocenters. The van der Waals surface area contributed by atoms with Gasteiger partial charge in [-0.1, -0.05) is 48.0 Å². The number of nitrogens with zero attached hydrogens (tertiary/aromatic N) is 1. The van der Waals surface area contributed by atoms with E-state index in [4.69, 9.17) is 16.3 Å². The van der Waals surface area contributed by atoms with Crippen LogP contribution in [0.25, 0.3) is 21.8 Å². The van der Waals surface area contributed by atoms with Crippen molar-refractivity contribution in [3.05, 3.63) is 99.8 Å². The molecule has 2 N–H and O–H groups in total. The number of hydrogen-bond acceptors (Lipinski definition) is 5. The number of fused-ring (bicyclic) bond motifs is 2. The summed E-state index contributed by atoms with van der Waals surface area (Å²) in [7, 11) is -1.86. The smallest absolute Gasteiger partial charge is 0.224 e. The Balaban J connectivity index is 1.18. The quantitative estimate of drug-likeness (QED) is 0.124. The molecule has 2 aromatic heterocycles. The minimum Gasteiger partial charge on any atom is -0.494 e. The highest BCUT2D eigenvalue weighted by Crippen LogP contribution is 2.27. The van der Waals surface area contributed by atoms with Gasteiger partial charge in [-0.2, -0.15) is 0 Å². The molecule has 44 heavy (non-hydrogen) atoms. The Morgan fingerprint density at radius 2 is 1.68 bits per heavy atom. The predicted octanol–water partition coefficient (Wildman–Crippen LogP) is 5.90. The molecule has 0 aliphatic rings. The van der Waals surface area contributed by atoms with Crippen molar-refractivity contribution < 1.29 is 22.7 Å². The van der Waals surface area contributed by atoms with Crippen LogP contribution < -0.4 is 10.1 Å². The molecule has 0 atom stereocenters. The summed E-state index contributed by atoms with van der Waals surface area (Å²) in [6, 6.07) is 19.1. The van der Waals surface area contributed by atoms with Crippen LogP contribution in [0.1, 0.15) is 39.2 Å². The number of rotatable bonds is 13. The predicted molar refractivity (Wildman–Crippen MR) is 176 cm³/mol. The Bertz CT molecular complexity index is 1940. The van der Waals surface area contributed by atoms with Crippen LogP contribution in [0.3, 0.4) is 0 Å². The van der Waals surface area contributed by atoms with Crippen molar-refractivity contribution in [2.24, 2.45) is 7.05 Å². The summed E-state index contributed by atoms with van der Waals surface area (Å²) < 4.78 is 33.8. The highest BCUT2D eigenvalue weighted by atomic mass is 35.5. The second-order valence-corrected chi connectivity index (χ2v) is 13.7. The van der Waals surface area contributed by atoms with Crippen molar-refractivity contribution in [2.75, 3.05) is 24.7 Å². The first-order valence-corrected chi connectivity index (χ1v) is 16.7. The lowest BCUT2D eigenvalue weighted by molar-refractivity contribution is -0.120. The summed E-state index contributed by atoms with van der Waals surface area (Å²) in [4.78, 5) is 29.1. The first-order chi connectivity index (χ1) is 21.0. The number of nitrogens with one attached hydrogen (secondary N) is 2. The van der Waals surface area contributed by atoms with Gasteiger partial charge in [-0.15, -0.1) is 0 Å². The number of Topliss-reactive ketones (excluding diaryl/α,β-unsaturated/α-hetero) is 1. The molecule has 1 amide bonds. The van der Waals surface area contributed by atoms with Crippen LogP contribution in [-0.4, -0.2) is 54.3 Å². The van der Waals surface area contributed by atoms with Crippen molar-refractivity contribution in [1.29, 1.82) is 0 Å². The summed E-state index contributed by atoms with van der Waals surface area (Å²) in [6.07, 6.45) is 3.20. The number of carbonyl (C=O) groups excluding carboxylic acids is 2. The van der Waals surface area contributed by atoms with Gasteiger partial charge in [0.1, 0.15) is 11.5 Å². The molecule has 0 aliphatic carbocycles. The average molecular weight is 634 g/mol. The molecule has 0 aliphatic heterocycles. The highest BCUT2D eigenvalue weighted by Gasteiger charge is 2.23. The van der Waals surface area contributed by atoms with Gasteiger partial charge < -0.3 is 19.6 Å². The van der Waals surface area contributed by atoms with Crippen molar-refractivity contribution in [3.8, 4) is 5.75 Å². The number of H-pyrrole nitrogens is 1. The first-order valence-electron chi connectivity index (χ1n) is 14.5. The number of benzene rings is 3. The summed E-state index contributed by atoms with van der Waals surface area (Å²) in [5, 5.41) is 5.28. The number of para-hydroxylation sites is 2. The van der Waals surface area contributed by atoms with E-state index in [0.717, 1.165) is 54.8 Å². The number of ketones is 1. The molecule has 0 saturated heterocycles. The number of hydrogen-bond donors (Lipinski definition) is 2. The second kappa shape index (κ2) is 13.3. The minimum absolute atomic E-state index is 0.0697. The number of aryl methyl sites for hydroxylation is 4. The van der Waals surface area contributed by atoms with Gasteiger partial charge in [-0.3, -0.25) is 9.59 Å². The Labute approximate surface area is 262 Å². The van der Waals surface area contributed by atoms with Crippen LogP contribution in [0.15, 0.2) is 66.9 Å². The number of amides is 1. The van der Waals surface area contributed by atoms with Gasteiger partial charge in [0, 0.05) is 46.6 Å². The van der Waals surface area contributed by atoms with Gasteiger partial charge in [0.05, 0.1) is 24.5 Å². The van der Waals surface area contributed by atoms with Gasteiger partial charge in [0.15, 0.2) is 15.6 Å². The van der Waals surface area contributed by atoms with Gasteiger partial charge in [-0.25, -0.2) is 8.42 Å². The largest absolute Gasteiger partial charge is 0.494 e. The van der Waals surface area contributed by atoms with E-state index in [1.807, 2.05) is 92.3 Å². The summed E-state index contributed by atoms with van der Waals surface area (Å²) >= 11 is 6.26. The number of aromatic nitrogens is 2. The normalized spacial score (nSPS) is 11.7. The molecular weight excluding hydrogens is 598 g/mol. The van der Waals surface area contributed by atoms with Crippen molar-refractivity contribution in [3.63, 3.8) is 0 Å². The number of ether oxygens (including phenoxy) is 1. The maximum Gasteiger partial charge on any atom is 0.224 e. The Morgan fingerprint density at radius 3 is 2.43 bits per heavy atom. The monoisotopic (exact) mass is 633 g/mol. The van der Waals surface area contributed by atoms with E-state index in [2.05, 4.69) is 10.3 Å². The van der Waals surface area contributed by atoms with E-state index in [0.29, 0.717) is 25.1 Å². The van der Waals surface area contributed by atoms with Crippen molar-refractivity contribution >= 4 is 54.9 Å². The molecule has 0 spiro atoms. The molecule has 230 valence electrons. The van der Waals surface area contributed by atoms with Crippen LogP contribution >= 0.6 is 11.6 Å². The maximum absolute atomic E-state index is 13.3. The summed E-state index contributed by atoms with van der Waals surface area (Å²) in [5.41, 5.74) is 5.62. The zero-order chi connectivity index (χ0) is 31.4. The molecule has 0 radical (unpaired) electrons. The maximum atomic E-state index is 13.3. The molecule has 8 nitrogen and oxygen atoms in total. The zero-order valence-electron chi connectivity index (χ0n) is 25.1. The number of sulfone groups is 1. The Hall–Kier alpha value is -4.08. The summed E-state index contributed by atoms with van der Waals surface area (Å²) in [5.74, 6) is -1.01. The lowest BCUT2D eigenvalue weighted by atomic mass is 10.0. The third-order valence-corrected chi connectivity index (χ3v) is 9.88. The van der Waals surface area contributed by atoms with E-state index in [9.17, 15) is 18.0 Å². The molecule has 0 fully saturated rings. The van der Waals surface area contributed by atoms with E-state index >= 15 is 0 Å².